The number of carbonyl (C=O) groups excluding carboxylic acids is 2. The minimum Gasteiger partial charge on any atom is -0.355 e. The zero-order valence-corrected chi connectivity index (χ0v) is 25.7. The number of carbonyl (C=O) groups is 2. The van der Waals surface area contributed by atoms with Crippen LogP contribution < -0.4 is 21.5 Å². The summed E-state index contributed by atoms with van der Waals surface area (Å²) in [7, 11) is 0. The molecule has 222 valence electrons. The standard InChI is InChI=1S/C34H54N4O2/c1-6-7-8-9-10-11-12-13-17-23-32(39)35-24-29(28-19-15-14-16-20-28)25-36-34(40)38-37-33-30(26(2)3)21-18-22-31(33)27(4)5/h14-16,18-22,26-27,29,37H,6-13,17,23-25H2,1-5H3,(H,35,39)(H2,36,38,40). The number of anilines is 1. The van der Waals surface area contributed by atoms with Crippen LogP contribution in [0.25, 0.3) is 0 Å². The number of benzene rings is 2. The van der Waals surface area contributed by atoms with Crippen molar-refractivity contribution >= 4 is 17.6 Å². The van der Waals surface area contributed by atoms with Gasteiger partial charge in [-0.3, -0.25) is 15.6 Å². The van der Waals surface area contributed by atoms with Gasteiger partial charge < -0.3 is 10.6 Å². The Morgan fingerprint density at radius 1 is 0.675 bits per heavy atom. The smallest absolute Gasteiger partial charge is 0.333 e. The van der Waals surface area contributed by atoms with Crippen LogP contribution in [0, 0.1) is 0 Å². The van der Waals surface area contributed by atoms with Gasteiger partial charge in [-0.25, -0.2) is 4.79 Å². The maximum atomic E-state index is 12.8. The van der Waals surface area contributed by atoms with E-state index in [0.717, 1.165) is 24.1 Å². The third-order valence-corrected chi connectivity index (χ3v) is 7.51. The number of amides is 3. The normalized spacial score (nSPS) is 11.9. The predicted molar refractivity (Wildman–Crippen MR) is 169 cm³/mol. The van der Waals surface area contributed by atoms with Gasteiger partial charge in [0.2, 0.25) is 5.91 Å². The average molecular weight is 551 g/mol. The van der Waals surface area contributed by atoms with Crippen LogP contribution in [0.1, 0.15) is 133 Å². The van der Waals surface area contributed by atoms with E-state index in [0.29, 0.717) is 31.3 Å². The Balaban J connectivity index is 1.82. The molecule has 1 atom stereocenters. The summed E-state index contributed by atoms with van der Waals surface area (Å²) < 4.78 is 0. The van der Waals surface area contributed by atoms with Gasteiger partial charge in [0.1, 0.15) is 0 Å². The van der Waals surface area contributed by atoms with Crippen LogP contribution in [0.2, 0.25) is 0 Å². The molecule has 0 aliphatic rings. The van der Waals surface area contributed by atoms with Crippen molar-refractivity contribution in [2.75, 3.05) is 18.5 Å². The molecular weight excluding hydrogens is 496 g/mol. The second-order valence-electron chi connectivity index (χ2n) is 11.6. The number of nitrogens with one attached hydrogen (secondary N) is 4. The number of unbranched alkanes of at least 4 members (excludes halogenated alkanes) is 8. The Kier molecular flexibility index (Phi) is 15.9. The molecule has 1 unspecified atom stereocenters. The molecule has 0 aliphatic carbocycles. The van der Waals surface area contributed by atoms with E-state index in [9.17, 15) is 9.59 Å². The van der Waals surface area contributed by atoms with E-state index in [4.69, 9.17) is 0 Å². The van der Waals surface area contributed by atoms with Crippen molar-refractivity contribution in [2.24, 2.45) is 0 Å². The summed E-state index contributed by atoms with van der Waals surface area (Å²) >= 11 is 0. The lowest BCUT2D eigenvalue weighted by atomic mass is 9.93. The van der Waals surface area contributed by atoms with Crippen LogP contribution in [0.15, 0.2) is 48.5 Å². The Labute approximate surface area is 243 Å². The Hall–Kier alpha value is -3.02. The summed E-state index contributed by atoms with van der Waals surface area (Å²) in [6, 6.07) is 16.0. The van der Waals surface area contributed by atoms with Crippen molar-refractivity contribution in [3.8, 4) is 0 Å². The molecule has 4 N–H and O–H groups in total. The zero-order valence-electron chi connectivity index (χ0n) is 25.7. The lowest BCUT2D eigenvalue weighted by molar-refractivity contribution is -0.121. The first kappa shape index (κ1) is 33.2. The summed E-state index contributed by atoms with van der Waals surface area (Å²) in [4.78, 5) is 25.3. The number of hydrogen-bond donors (Lipinski definition) is 4. The van der Waals surface area contributed by atoms with E-state index in [-0.39, 0.29) is 17.9 Å². The third kappa shape index (κ3) is 12.4. The van der Waals surface area contributed by atoms with Crippen molar-refractivity contribution in [1.29, 1.82) is 0 Å². The minimum atomic E-state index is -0.296. The topological polar surface area (TPSA) is 82.3 Å². The van der Waals surface area contributed by atoms with E-state index >= 15 is 0 Å². The van der Waals surface area contributed by atoms with Gasteiger partial charge in [0.25, 0.3) is 0 Å². The summed E-state index contributed by atoms with van der Waals surface area (Å²) in [5, 5.41) is 6.09. The number of para-hydroxylation sites is 1. The lowest BCUT2D eigenvalue weighted by Gasteiger charge is -2.22. The molecule has 6 nitrogen and oxygen atoms in total. The highest BCUT2D eigenvalue weighted by atomic mass is 16.2. The molecule has 2 rings (SSSR count). The fourth-order valence-corrected chi connectivity index (χ4v) is 5.03. The van der Waals surface area contributed by atoms with Crippen LogP contribution in [0.3, 0.4) is 0 Å². The summed E-state index contributed by atoms with van der Waals surface area (Å²) in [5.74, 6) is 0.718. The molecule has 0 aromatic heterocycles. The highest BCUT2D eigenvalue weighted by Gasteiger charge is 2.16. The molecule has 0 aliphatic heterocycles. The van der Waals surface area contributed by atoms with Crippen LogP contribution in [-0.2, 0) is 4.79 Å². The Morgan fingerprint density at radius 2 is 1.23 bits per heavy atom. The highest BCUT2D eigenvalue weighted by Crippen LogP contribution is 2.31. The van der Waals surface area contributed by atoms with Crippen molar-refractivity contribution in [3.05, 3.63) is 65.2 Å². The van der Waals surface area contributed by atoms with E-state index in [1.807, 2.05) is 30.3 Å². The second kappa shape index (κ2) is 19.1. The van der Waals surface area contributed by atoms with E-state index in [1.54, 1.807) is 0 Å². The maximum absolute atomic E-state index is 12.8. The number of urea groups is 1. The van der Waals surface area contributed by atoms with Crippen LogP contribution >= 0.6 is 0 Å². The lowest BCUT2D eigenvalue weighted by Crippen LogP contribution is -2.42. The average Bonchev–Trinajstić information content (AvgIpc) is 2.95. The molecule has 2 aromatic rings. The van der Waals surface area contributed by atoms with Gasteiger partial charge in [-0.1, -0.05) is 135 Å². The van der Waals surface area contributed by atoms with Crippen LogP contribution in [0.5, 0.6) is 0 Å². The fourth-order valence-electron chi connectivity index (χ4n) is 5.03. The van der Waals surface area contributed by atoms with Gasteiger partial charge in [-0.15, -0.1) is 0 Å². The first-order chi connectivity index (χ1) is 19.3. The van der Waals surface area contributed by atoms with Crippen molar-refractivity contribution in [3.63, 3.8) is 0 Å². The van der Waals surface area contributed by atoms with Crippen molar-refractivity contribution in [1.82, 2.24) is 16.1 Å². The first-order valence-electron chi connectivity index (χ1n) is 15.6. The quantitative estimate of drug-likeness (QED) is 0.105. The molecule has 3 amide bonds. The minimum absolute atomic E-state index is 0.0202. The molecular formula is C34H54N4O2. The summed E-state index contributed by atoms with van der Waals surface area (Å²) in [6.07, 6.45) is 11.7. The Morgan fingerprint density at radius 3 is 1.80 bits per heavy atom. The first-order valence-corrected chi connectivity index (χ1v) is 15.6. The van der Waals surface area contributed by atoms with Crippen LogP contribution in [0.4, 0.5) is 10.5 Å². The van der Waals surface area contributed by atoms with E-state index < -0.39 is 0 Å². The largest absolute Gasteiger partial charge is 0.355 e. The summed E-state index contributed by atoms with van der Waals surface area (Å²) in [6.45, 7) is 11.8. The number of hydrazine groups is 1. The van der Waals surface area contributed by atoms with Gasteiger partial charge in [0.05, 0.1) is 5.69 Å². The monoisotopic (exact) mass is 550 g/mol. The Bertz CT molecular complexity index is 964. The predicted octanol–water partition coefficient (Wildman–Crippen LogP) is 8.38. The SMILES string of the molecule is CCCCCCCCCCCC(=O)NCC(CNC(=O)NNc1c(C(C)C)cccc1C(C)C)c1ccccc1. The van der Waals surface area contributed by atoms with Crippen molar-refractivity contribution in [2.45, 2.75) is 117 Å². The molecule has 0 saturated carbocycles. The molecule has 0 bridgehead atoms. The molecule has 0 saturated heterocycles. The molecule has 40 heavy (non-hydrogen) atoms. The van der Waals surface area contributed by atoms with E-state index in [2.05, 4.69) is 74.3 Å². The molecule has 2 aromatic carbocycles. The highest BCUT2D eigenvalue weighted by molar-refractivity contribution is 5.77. The summed E-state index contributed by atoms with van der Waals surface area (Å²) in [5.41, 5.74) is 10.4. The van der Waals surface area contributed by atoms with Gasteiger partial charge in [0.15, 0.2) is 0 Å². The fraction of sp³-hybridized carbons (Fsp3) is 0.588. The van der Waals surface area contributed by atoms with Crippen molar-refractivity contribution < 1.29 is 9.59 Å². The third-order valence-electron chi connectivity index (χ3n) is 7.51. The maximum Gasteiger partial charge on any atom is 0.333 e. The number of rotatable bonds is 19. The molecule has 0 spiro atoms. The van der Waals surface area contributed by atoms with Gasteiger partial charge in [-0.2, -0.15) is 0 Å². The second-order valence-corrected chi connectivity index (χ2v) is 11.6. The molecule has 6 heteroatoms. The molecule has 0 heterocycles. The number of hydrogen-bond acceptors (Lipinski definition) is 3. The van der Waals surface area contributed by atoms with Gasteiger partial charge >= 0.3 is 6.03 Å². The van der Waals surface area contributed by atoms with E-state index in [1.165, 1.54) is 56.1 Å². The van der Waals surface area contributed by atoms with Gasteiger partial charge in [0, 0.05) is 25.4 Å². The molecule has 0 radical (unpaired) electrons. The zero-order chi connectivity index (χ0) is 29.2. The molecule has 0 fully saturated rings. The van der Waals surface area contributed by atoms with Gasteiger partial charge in [-0.05, 0) is 34.9 Å². The van der Waals surface area contributed by atoms with Crippen LogP contribution in [-0.4, -0.2) is 25.0 Å².